The van der Waals surface area contributed by atoms with Gasteiger partial charge in [-0.15, -0.1) is 11.6 Å². The van der Waals surface area contributed by atoms with Gasteiger partial charge in [0.05, 0.1) is 11.4 Å². The summed E-state index contributed by atoms with van der Waals surface area (Å²) in [6.07, 6.45) is 1.23. The van der Waals surface area contributed by atoms with Crippen LogP contribution in [0.4, 0.5) is 4.39 Å². The predicted molar refractivity (Wildman–Crippen MR) is 77.2 cm³/mol. The Bertz CT molecular complexity index is 612. The van der Waals surface area contributed by atoms with Gasteiger partial charge >= 0.3 is 0 Å². The summed E-state index contributed by atoms with van der Waals surface area (Å²) in [6.45, 7) is 3.11. The first-order valence-electron chi connectivity index (χ1n) is 6.63. The van der Waals surface area contributed by atoms with E-state index in [1.54, 1.807) is 16.7 Å². The van der Waals surface area contributed by atoms with Crippen LogP contribution in [0.1, 0.15) is 25.6 Å². The van der Waals surface area contributed by atoms with Crippen LogP contribution in [0, 0.1) is 5.82 Å². The van der Waals surface area contributed by atoms with Crippen molar-refractivity contribution in [3.63, 3.8) is 0 Å². The minimum Gasteiger partial charge on any atom is -0.356 e. The maximum absolute atomic E-state index is 13.7. The first-order valence-corrected chi connectivity index (χ1v) is 7.17. The van der Waals surface area contributed by atoms with Crippen molar-refractivity contribution >= 4 is 28.5 Å². The number of aryl methyl sites for hydroxylation is 1. The fourth-order valence-electron chi connectivity index (χ4n) is 2.08. The van der Waals surface area contributed by atoms with Crippen molar-refractivity contribution in [2.45, 2.75) is 32.2 Å². The molecule has 0 aliphatic heterocycles. The molecule has 1 amide bonds. The highest BCUT2D eigenvalue weighted by Gasteiger charge is 2.13. The van der Waals surface area contributed by atoms with Gasteiger partial charge in [0.25, 0.3) is 0 Å². The van der Waals surface area contributed by atoms with Gasteiger partial charge in [-0.2, -0.15) is 0 Å². The Morgan fingerprint density at radius 2 is 2.30 bits per heavy atom. The van der Waals surface area contributed by atoms with Crippen LogP contribution in [-0.4, -0.2) is 22.0 Å². The van der Waals surface area contributed by atoms with E-state index in [9.17, 15) is 9.18 Å². The molecule has 6 heteroatoms. The summed E-state index contributed by atoms with van der Waals surface area (Å²) in [6, 6.07) is 4.78. The van der Waals surface area contributed by atoms with Crippen LogP contribution < -0.4 is 5.32 Å². The van der Waals surface area contributed by atoms with Gasteiger partial charge in [0, 0.05) is 19.5 Å². The average Bonchev–Trinajstić information content (AvgIpc) is 2.82. The number of imidazole rings is 1. The summed E-state index contributed by atoms with van der Waals surface area (Å²) in [5.74, 6) is 0.369. The van der Waals surface area contributed by atoms with Crippen molar-refractivity contribution in [1.29, 1.82) is 0 Å². The van der Waals surface area contributed by atoms with E-state index < -0.39 is 0 Å². The molecule has 0 radical (unpaired) electrons. The number of hydrogen-bond donors (Lipinski definition) is 1. The Balaban J connectivity index is 2.20. The van der Waals surface area contributed by atoms with Crippen LogP contribution in [0.15, 0.2) is 18.2 Å². The van der Waals surface area contributed by atoms with Crippen molar-refractivity contribution in [3.8, 4) is 0 Å². The number of alkyl halides is 1. The largest absolute Gasteiger partial charge is 0.356 e. The zero-order valence-corrected chi connectivity index (χ0v) is 12.1. The minimum atomic E-state index is -0.372. The van der Waals surface area contributed by atoms with Crippen LogP contribution in [0.2, 0.25) is 0 Å². The van der Waals surface area contributed by atoms with Gasteiger partial charge in [0.2, 0.25) is 5.91 Å². The zero-order chi connectivity index (χ0) is 14.5. The molecule has 0 spiro atoms. The summed E-state index contributed by atoms with van der Waals surface area (Å²) in [5, 5.41) is 2.81. The standard InChI is InChI=1S/C14H17ClFN3O/c1-2-7-17-13(20)6-8-19-11-5-3-4-10(16)14(11)18-12(19)9-15/h3-5H,2,6-9H2,1H3,(H,17,20). The summed E-state index contributed by atoms with van der Waals surface area (Å²) in [7, 11) is 0. The van der Waals surface area contributed by atoms with Crippen LogP contribution >= 0.6 is 11.6 Å². The number of fused-ring (bicyclic) bond motifs is 1. The van der Waals surface area contributed by atoms with E-state index >= 15 is 0 Å². The average molecular weight is 298 g/mol. The third-order valence-electron chi connectivity index (χ3n) is 3.06. The van der Waals surface area contributed by atoms with Crippen molar-refractivity contribution < 1.29 is 9.18 Å². The predicted octanol–water partition coefficient (Wildman–Crippen LogP) is 2.83. The normalized spacial score (nSPS) is 10.9. The number of benzene rings is 1. The molecule has 1 aromatic heterocycles. The summed E-state index contributed by atoms with van der Waals surface area (Å²) in [5.41, 5.74) is 0.973. The molecule has 2 rings (SSSR count). The molecule has 2 aromatic rings. The number of rotatable bonds is 6. The molecule has 4 nitrogen and oxygen atoms in total. The van der Waals surface area contributed by atoms with E-state index in [0.717, 1.165) is 6.42 Å². The van der Waals surface area contributed by atoms with E-state index in [4.69, 9.17) is 11.6 Å². The Labute approximate surface area is 121 Å². The molecule has 0 aliphatic carbocycles. The molecule has 1 N–H and O–H groups in total. The minimum absolute atomic E-state index is 0.0226. The summed E-state index contributed by atoms with van der Waals surface area (Å²) in [4.78, 5) is 15.8. The molecule has 0 aliphatic rings. The lowest BCUT2D eigenvalue weighted by molar-refractivity contribution is -0.121. The monoisotopic (exact) mass is 297 g/mol. The number of halogens is 2. The molecule has 1 aromatic carbocycles. The quantitative estimate of drug-likeness (QED) is 0.834. The van der Waals surface area contributed by atoms with Gasteiger partial charge in [0.15, 0.2) is 5.82 Å². The zero-order valence-electron chi connectivity index (χ0n) is 11.3. The second kappa shape index (κ2) is 6.70. The van der Waals surface area contributed by atoms with Crippen molar-refractivity contribution in [2.24, 2.45) is 0 Å². The Hall–Kier alpha value is -1.62. The molecule has 0 unspecified atom stereocenters. The van der Waals surface area contributed by atoms with Crippen LogP contribution in [0.5, 0.6) is 0 Å². The highest BCUT2D eigenvalue weighted by Crippen LogP contribution is 2.20. The number of hydrogen-bond acceptors (Lipinski definition) is 2. The molecule has 0 bridgehead atoms. The van der Waals surface area contributed by atoms with Gasteiger partial charge in [-0.3, -0.25) is 4.79 Å². The van der Waals surface area contributed by atoms with Crippen molar-refractivity contribution in [1.82, 2.24) is 14.9 Å². The maximum Gasteiger partial charge on any atom is 0.221 e. The highest BCUT2D eigenvalue weighted by molar-refractivity contribution is 6.16. The number of nitrogens with one attached hydrogen (secondary N) is 1. The molecule has 0 atom stereocenters. The second-order valence-corrected chi connectivity index (χ2v) is 4.79. The van der Waals surface area contributed by atoms with Gasteiger partial charge in [-0.05, 0) is 18.6 Å². The molecule has 0 saturated heterocycles. The van der Waals surface area contributed by atoms with Crippen molar-refractivity contribution in [2.75, 3.05) is 6.54 Å². The summed E-state index contributed by atoms with van der Waals surface area (Å²) < 4.78 is 15.5. The first-order chi connectivity index (χ1) is 9.67. The summed E-state index contributed by atoms with van der Waals surface area (Å²) >= 11 is 5.85. The third kappa shape index (κ3) is 3.10. The topological polar surface area (TPSA) is 46.9 Å². The smallest absolute Gasteiger partial charge is 0.221 e. The van der Waals surface area contributed by atoms with E-state index in [1.807, 2.05) is 6.92 Å². The molecule has 108 valence electrons. The second-order valence-electron chi connectivity index (χ2n) is 4.52. The number of para-hydroxylation sites is 1. The van der Waals surface area contributed by atoms with Crippen molar-refractivity contribution in [3.05, 3.63) is 29.8 Å². The number of nitrogens with zero attached hydrogens (tertiary/aromatic N) is 2. The molecular formula is C14H17ClFN3O. The number of aromatic nitrogens is 2. The lowest BCUT2D eigenvalue weighted by Gasteiger charge is -2.08. The molecule has 20 heavy (non-hydrogen) atoms. The Kier molecular flexibility index (Phi) is 4.95. The van der Waals surface area contributed by atoms with Gasteiger partial charge in [-0.25, -0.2) is 9.37 Å². The Morgan fingerprint density at radius 1 is 1.50 bits per heavy atom. The lowest BCUT2D eigenvalue weighted by atomic mass is 10.3. The first kappa shape index (κ1) is 14.8. The number of amides is 1. The number of carbonyl (C=O) groups is 1. The third-order valence-corrected chi connectivity index (χ3v) is 3.30. The molecule has 0 fully saturated rings. The van der Waals surface area contributed by atoms with E-state index in [1.165, 1.54) is 6.07 Å². The van der Waals surface area contributed by atoms with E-state index in [0.29, 0.717) is 36.4 Å². The fourth-order valence-corrected chi connectivity index (χ4v) is 2.28. The SMILES string of the molecule is CCCNC(=O)CCn1c(CCl)nc2c(F)cccc21. The van der Waals surface area contributed by atoms with Gasteiger partial charge in [-0.1, -0.05) is 13.0 Å². The van der Waals surface area contributed by atoms with Crippen LogP contribution in [0.25, 0.3) is 11.0 Å². The van der Waals surface area contributed by atoms with Gasteiger partial charge in [0.1, 0.15) is 11.3 Å². The Morgan fingerprint density at radius 3 is 3.00 bits per heavy atom. The number of carbonyl (C=O) groups excluding carboxylic acids is 1. The molecule has 1 heterocycles. The maximum atomic E-state index is 13.7. The fraction of sp³-hybridized carbons (Fsp3) is 0.429. The van der Waals surface area contributed by atoms with E-state index in [-0.39, 0.29) is 17.6 Å². The molecule has 0 saturated carbocycles. The molecular weight excluding hydrogens is 281 g/mol. The van der Waals surface area contributed by atoms with Gasteiger partial charge < -0.3 is 9.88 Å². The van der Waals surface area contributed by atoms with Crippen LogP contribution in [0.3, 0.4) is 0 Å². The van der Waals surface area contributed by atoms with E-state index in [2.05, 4.69) is 10.3 Å². The lowest BCUT2D eigenvalue weighted by Crippen LogP contribution is -2.25. The highest BCUT2D eigenvalue weighted by atomic mass is 35.5. The van der Waals surface area contributed by atoms with Crippen LogP contribution in [-0.2, 0) is 17.2 Å².